The summed E-state index contributed by atoms with van der Waals surface area (Å²) in [6, 6.07) is 6.85. The highest BCUT2D eigenvalue weighted by Crippen LogP contribution is 2.31. The second-order valence-electron chi connectivity index (χ2n) is 2.88. The van der Waals surface area contributed by atoms with Crippen molar-refractivity contribution in [1.82, 2.24) is 0 Å². The summed E-state index contributed by atoms with van der Waals surface area (Å²) in [4.78, 5) is 11.2. The number of amides is 1. The lowest BCUT2D eigenvalue weighted by Crippen LogP contribution is -2.42. The Kier molecular flexibility index (Phi) is 1.70. The number of nitrogens with zero attached hydrogens (tertiary/aromatic N) is 1. The SMILES string of the molecule is C[C@@H]1Oc2ccccc2N(O)C1=O. The summed E-state index contributed by atoms with van der Waals surface area (Å²) in [5, 5.41) is 10.0. The highest BCUT2D eigenvalue weighted by molar-refractivity contribution is 5.97. The Morgan fingerprint density at radius 3 is 2.92 bits per heavy atom. The molecule has 13 heavy (non-hydrogen) atoms. The molecule has 68 valence electrons. The Morgan fingerprint density at radius 2 is 2.15 bits per heavy atom. The zero-order valence-electron chi connectivity index (χ0n) is 7.10. The second kappa shape index (κ2) is 2.74. The predicted octanol–water partition coefficient (Wildman–Crippen LogP) is 1.19. The van der Waals surface area contributed by atoms with Crippen molar-refractivity contribution in [2.45, 2.75) is 13.0 Å². The predicted molar refractivity (Wildman–Crippen MR) is 45.8 cm³/mol. The first-order valence-electron chi connectivity index (χ1n) is 3.98. The zero-order valence-corrected chi connectivity index (χ0v) is 7.10. The lowest BCUT2D eigenvalue weighted by molar-refractivity contribution is -0.131. The van der Waals surface area contributed by atoms with Gasteiger partial charge in [0.2, 0.25) is 0 Å². The summed E-state index contributed by atoms with van der Waals surface area (Å²) in [6.07, 6.45) is -0.625. The highest BCUT2D eigenvalue weighted by atomic mass is 16.6. The minimum Gasteiger partial charge on any atom is -0.479 e. The van der Waals surface area contributed by atoms with Gasteiger partial charge in [0.15, 0.2) is 6.10 Å². The summed E-state index contributed by atoms with van der Waals surface area (Å²) >= 11 is 0. The van der Waals surface area contributed by atoms with Gasteiger partial charge in [-0.15, -0.1) is 0 Å². The normalized spacial score (nSPS) is 20.9. The van der Waals surface area contributed by atoms with Crippen LogP contribution in [-0.4, -0.2) is 17.2 Å². The Morgan fingerprint density at radius 1 is 1.46 bits per heavy atom. The number of hydrogen-bond acceptors (Lipinski definition) is 3. The maximum absolute atomic E-state index is 11.2. The van der Waals surface area contributed by atoms with Crippen LogP contribution in [-0.2, 0) is 4.79 Å². The molecule has 4 nitrogen and oxygen atoms in total. The number of carbonyl (C=O) groups is 1. The van der Waals surface area contributed by atoms with E-state index in [0.29, 0.717) is 16.5 Å². The van der Waals surface area contributed by atoms with Crippen molar-refractivity contribution in [3.63, 3.8) is 0 Å². The van der Waals surface area contributed by atoms with Crippen LogP contribution in [0, 0.1) is 0 Å². The fourth-order valence-electron chi connectivity index (χ4n) is 1.26. The van der Waals surface area contributed by atoms with Crippen molar-refractivity contribution in [3.05, 3.63) is 24.3 Å². The van der Waals surface area contributed by atoms with Gasteiger partial charge in [0, 0.05) is 0 Å². The standard InChI is InChI=1S/C9H9NO3/c1-6-9(11)10(12)7-4-2-3-5-8(7)13-6/h2-6,12H,1H3/t6-/m0/s1. The first-order chi connectivity index (χ1) is 6.20. The first-order valence-corrected chi connectivity index (χ1v) is 3.98. The number of rotatable bonds is 0. The van der Waals surface area contributed by atoms with Crippen LogP contribution in [0.3, 0.4) is 0 Å². The van der Waals surface area contributed by atoms with E-state index in [9.17, 15) is 10.0 Å². The van der Waals surface area contributed by atoms with Gasteiger partial charge in [-0.25, -0.2) is 0 Å². The van der Waals surface area contributed by atoms with Crippen LogP contribution < -0.4 is 9.80 Å². The average molecular weight is 179 g/mol. The van der Waals surface area contributed by atoms with Crippen LogP contribution in [0.1, 0.15) is 6.92 Å². The molecule has 1 amide bonds. The molecule has 0 fully saturated rings. The molecule has 0 spiro atoms. The minimum absolute atomic E-state index is 0.394. The van der Waals surface area contributed by atoms with E-state index in [4.69, 9.17) is 4.74 Å². The third-order valence-corrected chi connectivity index (χ3v) is 1.95. The molecule has 1 aromatic rings. The van der Waals surface area contributed by atoms with Crippen LogP contribution in [0.4, 0.5) is 5.69 Å². The molecule has 0 aromatic heterocycles. The summed E-state index contributed by atoms with van der Waals surface area (Å²) in [7, 11) is 0. The molecule has 1 atom stereocenters. The van der Waals surface area contributed by atoms with E-state index in [1.54, 1.807) is 31.2 Å². The summed E-state index contributed by atoms with van der Waals surface area (Å²) in [5.74, 6) is 0.0794. The summed E-state index contributed by atoms with van der Waals surface area (Å²) in [6.45, 7) is 1.60. The van der Waals surface area contributed by atoms with Crippen molar-refractivity contribution in [1.29, 1.82) is 0 Å². The number of para-hydroxylation sites is 2. The van der Waals surface area contributed by atoms with Gasteiger partial charge in [-0.3, -0.25) is 10.0 Å². The van der Waals surface area contributed by atoms with Gasteiger partial charge < -0.3 is 4.74 Å². The van der Waals surface area contributed by atoms with E-state index in [2.05, 4.69) is 0 Å². The molecular formula is C9H9NO3. The third kappa shape index (κ3) is 1.15. The Labute approximate surface area is 75.3 Å². The van der Waals surface area contributed by atoms with E-state index in [1.807, 2.05) is 0 Å². The molecule has 0 radical (unpaired) electrons. The summed E-state index contributed by atoms with van der Waals surface area (Å²) in [5.41, 5.74) is 0.394. The molecule has 1 aromatic carbocycles. The number of fused-ring (bicyclic) bond motifs is 1. The number of anilines is 1. The molecule has 4 heteroatoms. The molecule has 2 rings (SSSR count). The first kappa shape index (κ1) is 8.07. The Balaban J connectivity index is 2.49. The van der Waals surface area contributed by atoms with Crippen molar-refractivity contribution >= 4 is 11.6 Å². The van der Waals surface area contributed by atoms with Gasteiger partial charge in [0.1, 0.15) is 11.4 Å². The molecule has 1 aliphatic heterocycles. The summed E-state index contributed by atoms with van der Waals surface area (Å²) < 4.78 is 5.26. The zero-order chi connectivity index (χ0) is 9.42. The van der Waals surface area contributed by atoms with Gasteiger partial charge in [-0.05, 0) is 19.1 Å². The Bertz CT molecular complexity index is 350. The van der Waals surface area contributed by atoms with Gasteiger partial charge in [0.05, 0.1) is 0 Å². The van der Waals surface area contributed by atoms with Crippen LogP contribution in [0.2, 0.25) is 0 Å². The Hall–Kier alpha value is -1.55. The van der Waals surface area contributed by atoms with Crippen LogP contribution in [0.15, 0.2) is 24.3 Å². The third-order valence-electron chi connectivity index (χ3n) is 1.95. The molecule has 1 N–H and O–H groups in total. The minimum atomic E-state index is -0.625. The lowest BCUT2D eigenvalue weighted by Gasteiger charge is -2.27. The van der Waals surface area contributed by atoms with E-state index in [1.165, 1.54) is 0 Å². The number of hydrogen-bond donors (Lipinski definition) is 1. The van der Waals surface area contributed by atoms with E-state index in [0.717, 1.165) is 0 Å². The maximum Gasteiger partial charge on any atom is 0.291 e. The number of ether oxygens (including phenoxy) is 1. The topological polar surface area (TPSA) is 49.8 Å². The maximum atomic E-state index is 11.2. The van der Waals surface area contributed by atoms with Crippen molar-refractivity contribution in [2.24, 2.45) is 0 Å². The quantitative estimate of drug-likeness (QED) is 0.608. The van der Waals surface area contributed by atoms with Crippen molar-refractivity contribution in [2.75, 3.05) is 5.06 Å². The lowest BCUT2D eigenvalue weighted by atomic mass is 10.2. The highest BCUT2D eigenvalue weighted by Gasteiger charge is 2.29. The van der Waals surface area contributed by atoms with Crippen LogP contribution >= 0.6 is 0 Å². The van der Waals surface area contributed by atoms with Gasteiger partial charge in [0.25, 0.3) is 5.91 Å². The van der Waals surface area contributed by atoms with Gasteiger partial charge in [-0.2, -0.15) is 5.06 Å². The molecule has 0 bridgehead atoms. The number of benzene rings is 1. The van der Waals surface area contributed by atoms with Crippen molar-refractivity contribution < 1.29 is 14.7 Å². The average Bonchev–Trinajstić information content (AvgIpc) is 2.15. The number of hydroxylamine groups is 1. The molecule has 0 saturated carbocycles. The van der Waals surface area contributed by atoms with E-state index in [-0.39, 0.29) is 0 Å². The van der Waals surface area contributed by atoms with Crippen LogP contribution in [0.25, 0.3) is 0 Å². The smallest absolute Gasteiger partial charge is 0.291 e. The number of carbonyl (C=O) groups excluding carboxylic acids is 1. The molecular weight excluding hydrogens is 170 g/mol. The van der Waals surface area contributed by atoms with Crippen LogP contribution in [0.5, 0.6) is 5.75 Å². The van der Waals surface area contributed by atoms with Crippen molar-refractivity contribution in [3.8, 4) is 5.75 Å². The largest absolute Gasteiger partial charge is 0.479 e. The second-order valence-corrected chi connectivity index (χ2v) is 2.88. The monoisotopic (exact) mass is 179 g/mol. The molecule has 0 aliphatic carbocycles. The van der Waals surface area contributed by atoms with Gasteiger partial charge in [-0.1, -0.05) is 12.1 Å². The van der Waals surface area contributed by atoms with E-state index >= 15 is 0 Å². The fraction of sp³-hybridized carbons (Fsp3) is 0.222. The molecule has 0 saturated heterocycles. The molecule has 1 aliphatic rings. The van der Waals surface area contributed by atoms with E-state index < -0.39 is 12.0 Å². The molecule has 0 unspecified atom stereocenters. The van der Waals surface area contributed by atoms with Gasteiger partial charge >= 0.3 is 0 Å². The molecule has 1 heterocycles. The fourth-order valence-corrected chi connectivity index (χ4v) is 1.26.